The minimum atomic E-state index is -3.82. The lowest BCUT2D eigenvalue weighted by molar-refractivity contribution is -0.141. The number of amides is 2. The second kappa shape index (κ2) is 11.4. The second-order valence-corrected chi connectivity index (χ2v) is 12.1. The maximum atomic E-state index is 13.8. The molecule has 0 fully saturated rings. The van der Waals surface area contributed by atoms with Gasteiger partial charge < -0.3 is 10.2 Å². The lowest BCUT2D eigenvalue weighted by atomic mass is 10.0. The molecule has 0 saturated heterocycles. The van der Waals surface area contributed by atoms with Crippen LogP contribution in [-0.4, -0.2) is 49.5 Å². The summed E-state index contributed by atoms with van der Waals surface area (Å²) in [6.07, 6.45) is 1.42. The van der Waals surface area contributed by atoms with Crippen molar-refractivity contribution >= 4 is 39.1 Å². The number of sulfonamides is 1. The molecule has 2 aromatic rings. The molecular weight excluding hydrogens is 486 g/mol. The smallest absolute Gasteiger partial charge is 0.244 e. The van der Waals surface area contributed by atoms with Crippen molar-refractivity contribution in [1.29, 1.82) is 0 Å². The first-order valence-corrected chi connectivity index (χ1v) is 13.8. The Morgan fingerprint density at radius 3 is 2.23 bits per heavy atom. The SMILES string of the molecule is CC[C@@H](C(=O)NC(C)(C)C)N(Cc1ccccc1C)C(=O)CN(c1cccc(Cl)c1C)S(C)(=O)=O. The fraction of sp³-hybridized carbons (Fsp3) is 0.462. The van der Waals surface area contributed by atoms with E-state index in [2.05, 4.69) is 5.32 Å². The van der Waals surface area contributed by atoms with E-state index in [0.29, 0.717) is 22.7 Å². The molecule has 2 aromatic carbocycles. The molecule has 0 radical (unpaired) electrons. The van der Waals surface area contributed by atoms with E-state index in [0.717, 1.165) is 21.7 Å². The first-order valence-electron chi connectivity index (χ1n) is 11.5. The van der Waals surface area contributed by atoms with E-state index in [-0.39, 0.29) is 12.5 Å². The largest absolute Gasteiger partial charge is 0.350 e. The van der Waals surface area contributed by atoms with Crippen molar-refractivity contribution in [2.75, 3.05) is 17.1 Å². The fourth-order valence-electron chi connectivity index (χ4n) is 3.80. The standard InChI is InChI=1S/C26H36ClN3O4S/c1-8-22(25(32)28-26(4,5)6)29(16-20-13-10-9-12-18(20)2)24(31)17-30(35(7,33)34)23-15-11-14-21(27)19(23)3/h9-15,22H,8,16-17H2,1-7H3,(H,28,32)/t22-/m0/s1. The van der Waals surface area contributed by atoms with Gasteiger partial charge >= 0.3 is 0 Å². The number of hydrogen-bond donors (Lipinski definition) is 1. The predicted molar refractivity (Wildman–Crippen MR) is 142 cm³/mol. The van der Waals surface area contributed by atoms with Gasteiger partial charge in [-0.25, -0.2) is 8.42 Å². The molecule has 0 unspecified atom stereocenters. The van der Waals surface area contributed by atoms with Gasteiger partial charge in [0.2, 0.25) is 21.8 Å². The molecule has 0 heterocycles. The number of nitrogens with one attached hydrogen (secondary N) is 1. The van der Waals surface area contributed by atoms with Gasteiger partial charge in [-0.1, -0.05) is 48.9 Å². The van der Waals surface area contributed by atoms with Crippen molar-refractivity contribution in [3.8, 4) is 0 Å². The van der Waals surface area contributed by atoms with Crippen molar-refractivity contribution < 1.29 is 18.0 Å². The van der Waals surface area contributed by atoms with Crippen LogP contribution in [0.15, 0.2) is 42.5 Å². The topological polar surface area (TPSA) is 86.8 Å². The highest BCUT2D eigenvalue weighted by Gasteiger charge is 2.33. The Morgan fingerprint density at radius 2 is 1.69 bits per heavy atom. The molecule has 0 aliphatic rings. The summed E-state index contributed by atoms with van der Waals surface area (Å²) < 4.78 is 26.6. The average Bonchev–Trinajstić information content (AvgIpc) is 2.73. The molecule has 0 aliphatic heterocycles. The van der Waals surface area contributed by atoms with Crippen LogP contribution in [0.4, 0.5) is 5.69 Å². The molecule has 1 N–H and O–H groups in total. The number of anilines is 1. The summed E-state index contributed by atoms with van der Waals surface area (Å²) in [4.78, 5) is 28.4. The quantitative estimate of drug-likeness (QED) is 0.528. The number of carbonyl (C=O) groups is 2. The van der Waals surface area contributed by atoms with Crippen LogP contribution in [0, 0.1) is 13.8 Å². The number of hydrogen-bond acceptors (Lipinski definition) is 4. The minimum absolute atomic E-state index is 0.174. The van der Waals surface area contributed by atoms with E-state index in [9.17, 15) is 18.0 Å². The molecule has 7 nitrogen and oxygen atoms in total. The highest BCUT2D eigenvalue weighted by molar-refractivity contribution is 7.92. The van der Waals surface area contributed by atoms with Gasteiger partial charge in [-0.05, 0) is 69.9 Å². The van der Waals surface area contributed by atoms with Gasteiger partial charge in [0.05, 0.1) is 11.9 Å². The molecule has 0 aliphatic carbocycles. The van der Waals surface area contributed by atoms with Gasteiger partial charge in [-0.3, -0.25) is 13.9 Å². The van der Waals surface area contributed by atoms with Crippen LogP contribution in [0.2, 0.25) is 5.02 Å². The van der Waals surface area contributed by atoms with E-state index in [1.165, 1.54) is 4.90 Å². The number of aryl methyl sites for hydroxylation is 1. The zero-order valence-corrected chi connectivity index (χ0v) is 23.1. The second-order valence-electron chi connectivity index (χ2n) is 9.77. The zero-order chi connectivity index (χ0) is 26.6. The number of rotatable bonds is 9. The average molecular weight is 522 g/mol. The molecule has 0 spiro atoms. The number of nitrogens with zero attached hydrogens (tertiary/aromatic N) is 2. The number of carbonyl (C=O) groups excluding carboxylic acids is 2. The maximum absolute atomic E-state index is 13.8. The lowest BCUT2D eigenvalue weighted by Gasteiger charge is -2.35. The van der Waals surface area contributed by atoms with E-state index >= 15 is 0 Å². The molecule has 2 rings (SSSR count). The summed E-state index contributed by atoms with van der Waals surface area (Å²) in [7, 11) is -3.82. The lowest BCUT2D eigenvalue weighted by Crippen LogP contribution is -2.55. The summed E-state index contributed by atoms with van der Waals surface area (Å²) in [6.45, 7) is 10.8. The maximum Gasteiger partial charge on any atom is 0.244 e. The number of benzene rings is 2. The van der Waals surface area contributed by atoms with Crippen molar-refractivity contribution in [2.45, 2.75) is 66.1 Å². The van der Waals surface area contributed by atoms with Crippen LogP contribution in [0.1, 0.15) is 50.8 Å². The van der Waals surface area contributed by atoms with Crippen molar-refractivity contribution in [1.82, 2.24) is 10.2 Å². The fourth-order valence-corrected chi connectivity index (χ4v) is 4.87. The van der Waals surface area contributed by atoms with Gasteiger partial charge in [0.1, 0.15) is 12.6 Å². The molecule has 0 saturated carbocycles. The Labute approximate surface area is 214 Å². The van der Waals surface area contributed by atoms with Gasteiger partial charge in [0, 0.05) is 17.1 Å². The first kappa shape index (κ1) is 28.7. The van der Waals surface area contributed by atoms with E-state index in [1.54, 1.807) is 25.1 Å². The third-order valence-corrected chi connectivity index (χ3v) is 7.21. The first-order chi connectivity index (χ1) is 16.2. The summed E-state index contributed by atoms with van der Waals surface area (Å²) >= 11 is 6.24. The number of halogens is 1. The van der Waals surface area contributed by atoms with Gasteiger partial charge in [-0.2, -0.15) is 0 Å². The molecule has 35 heavy (non-hydrogen) atoms. The van der Waals surface area contributed by atoms with Crippen LogP contribution >= 0.6 is 11.6 Å². The minimum Gasteiger partial charge on any atom is -0.350 e. The van der Waals surface area contributed by atoms with E-state index < -0.39 is 34.1 Å². The summed E-state index contributed by atoms with van der Waals surface area (Å²) in [6, 6.07) is 11.8. The molecule has 0 bridgehead atoms. The van der Waals surface area contributed by atoms with Crippen molar-refractivity contribution in [2.24, 2.45) is 0 Å². The van der Waals surface area contributed by atoms with Gasteiger partial charge in [0.25, 0.3) is 0 Å². The van der Waals surface area contributed by atoms with Gasteiger partial charge in [-0.15, -0.1) is 0 Å². The Kier molecular flexibility index (Phi) is 9.36. The highest BCUT2D eigenvalue weighted by Crippen LogP contribution is 2.28. The molecule has 2 amide bonds. The Hall–Kier alpha value is -2.58. The molecule has 192 valence electrons. The van der Waals surface area contributed by atoms with Crippen LogP contribution in [0.3, 0.4) is 0 Å². The normalized spacial score (nSPS) is 12.7. The Bertz CT molecular complexity index is 1180. The van der Waals surface area contributed by atoms with Crippen molar-refractivity contribution in [3.05, 3.63) is 64.2 Å². The van der Waals surface area contributed by atoms with Crippen molar-refractivity contribution in [3.63, 3.8) is 0 Å². The summed E-state index contributed by atoms with van der Waals surface area (Å²) in [5.41, 5.74) is 2.25. The van der Waals surface area contributed by atoms with Crippen LogP contribution in [-0.2, 0) is 26.2 Å². The van der Waals surface area contributed by atoms with Gasteiger partial charge in [0.15, 0.2) is 0 Å². The molecule has 1 atom stereocenters. The monoisotopic (exact) mass is 521 g/mol. The molecule has 9 heteroatoms. The molecular formula is C26H36ClN3O4S. The predicted octanol–water partition coefficient (Wildman–Crippen LogP) is 4.44. The zero-order valence-electron chi connectivity index (χ0n) is 21.6. The Morgan fingerprint density at radius 1 is 1.06 bits per heavy atom. The van der Waals surface area contributed by atoms with Crippen LogP contribution < -0.4 is 9.62 Å². The third kappa shape index (κ3) is 7.70. The van der Waals surface area contributed by atoms with E-state index in [1.807, 2.05) is 58.9 Å². The Balaban J connectivity index is 2.52. The summed E-state index contributed by atoms with van der Waals surface area (Å²) in [5.74, 6) is -0.763. The van der Waals surface area contributed by atoms with Crippen LogP contribution in [0.5, 0.6) is 0 Å². The highest BCUT2D eigenvalue weighted by atomic mass is 35.5. The van der Waals surface area contributed by atoms with E-state index in [4.69, 9.17) is 11.6 Å². The van der Waals surface area contributed by atoms with Crippen LogP contribution in [0.25, 0.3) is 0 Å². The molecule has 0 aromatic heterocycles. The summed E-state index contributed by atoms with van der Waals surface area (Å²) in [5, 5.41) is 3.36. The third-order valence-electron chi connectivity index (χ3n) is 5.67.